The van der Waals surface area contributed by atoms with Gasteiger partial charge in [-0.25, -0.2) is 9.59 Å². The molecule has 19 heavy (non-hydrogen) atoms. The van der Waals surface area contributed by atoms with Crippen LogP contribution in [0.15, 0.2) is 0 Å². The zero-order valence-electron chi connectivity index (χ0n) is 11.1. The molecule has 1 heterocycles. The molecule has 3 amide bonds. The van der Waals surface area contributed by atoms with Crippen LogP contribution in [0.4, 0.5) is 4.79 Å². The Morgan fingerprint density at radius 2 is 2.11 bits per heavy atom. The number of rotatable bonds is 6. The van der Waals surface area contributed by atoms with Gasteiger partial charge in [-0.2, -0.15) is 0 Å². The summed E-state index contributed by atoms with van der Waals surface area (Å²) in [6.07, 6.45) is 2.32. The highest BCUT2D eigenvalue weighted by Crippen LogP contribution is 2.33. The van der Waals surface area contributed by atoms with Gasteiger partial charge < -0.3 is 21.1 Å². The van der Waals surface area contributed by atoms with Gasteiger partial charge in [-0.1, -0.05) is 13.3 Å². The first-order chi connectivity index (χ1) is 8.94. The van der Waals surface area contributed by atoms with Crippen molar-refractivity contribution in [2.45, 2.75) is 44.6 Å². The van der Waals surface area contributed by atoms with Crippen LogP contribution >= 0.6 is 0 Å². The number of hydrogen-bond donors (Lipinski definition) is 3. The summed E-state index contributed by atoms with van der Waals surface area (Å²) in [6.45, 7) is 2.45. The molecular formula is C12H21N3O4. The third kappa shape index (κ3) is 3.36. The summed E-state index contributed by atoms with van der Waals surface area (Å²) >= 11 is 0. The molecule has 0 aliphatic carbocycles. The molecule has 108 valence electrons. The number of nitrogens with two attached hydrogens (primary N) is 1. The maximum Gasteiger partial charge on any atom is 0.329 e. The first kappa shape index (κ1) is 15.3. The molecule has 0 saturated carbocycles. The quantitative estimate of drug-likeness (QED) is 0.644. The van der Waals surface area contributed by atoms with Gasteiger partial charge in [0.05, 0.1) is 0 Å². The van der Waals surface area contributed by atoms with Crippen LogP contribution in [0.25, 0.3) is 0 Å². The van der Waals surface area contributed by atoms with E-state index in [2.05, 4.69) is 5.32 Å². The normalized spacial score (nSPS) is 22.3. The van der Waals surface area contributed by atoms with Crippen LogP contribution in [0.2, 0.25) is 0 Å². The van der Waals surface area contributed by atoms with Crippen molar-refractivity contribution in [1.29, 1.82) is 0 Å². The summed E-state index contributed by atoms with van der Waals surface area (Å²) in [5, 5.41) is 12.0. The number of carbonyl (C=O) groups excluding carboxylic acids is 2. The molecule has 1 atom stereocenters. The molecule has 1 aliphatic rings. The smallest absolute Gasteiger partial charge is 0.329 e. The van der Waals surface area contributed by atoms with E-state index >= 15 is 0 Å². The Labute approximate surface area is 112 Å². The lowest BCUT2D eigenvalue weighted by Crippen LogP contribution is -2.56. The Morgan fingerprint density at radius 3 is 2.63 bits per heavy atom. The summed E-state index contributed by atoms with van der Waals surface area (Å²) in [7, 11) is 0. The van der Waals surface area contributed by atoms with Gasteiger partial charge in [0.2, 0.25) is 5.91 Å². The van der Waals surface area contributed by atoms with E-state index in [1.165, 1.54) is 4.90 Å². The van der Waals surface area contributed by atoms with Crippen molar-refractivity contribution in [3.8, 4) is 0 Å². The summed E-state index contributed by atoms with van der Waals surface area (Å²) in [5.41, 5.74) is 3.88. The van der Waals surface area contributed by atoms with Crippen molar-refractivity contribution in [2.24, 2.45) is 5.73 Å². The highest BCUT2D eigenvalue weighted by atomic mass is 16.4. The molecule has 1 saturated heterocycles. The van der Waals surface area contributed by atoms with Crippen molar-refractivity contribution >= 4 is 17.9 Å². The number of carboxylic acid groups (broad SMARTS) is 1. The maximum atomic E-state index is 12.0. The lowest BCUT2D eigenvalue weighted by Gasteiger charge is -2.34. The molecule has 4 N–H and O–H groups in total. The number of aliphatic carboxylic acids is 1. The maximum absolute atomic E-state index is 12.0. The molecule has 0 aromatic heterocycles. The number of nitrogens with zero attached hydrogens (tertiary/aromatic N) is 1. The lowest BCUT2D eigenvalue weighted by atomic mass is 9.91. The van der Waals surface area contributed by atoms with E-state index < -0.39 is 23.4 Å². The first-order valence-corrected chi connectivity index (χ1v) is 6.51. The van der Waals surface area contributed by atoms with Gasteiger partial charge in [-0.15, -0.1) is 0 Å². The Balaban J connectivity index is 2.70. The summed E-state index contributed by atoms with van der Waals surface area (Å²) in [5.74, 6) is -1.46. The molecule has 0 aromatic carbocycles. The third-order valence-electron chi connectivity index (χ3n) is 3.44. The lowest BCUT2D eigenvalue weighted by molar-refractivity contribution is -0.148. The van der Waals surface area contributed by atoms with Gasteiger partial charge >= 0.3 is 12.0 Å². The molecule has 0 spiro atoms. The van der Waals surface area contributed by atoms with Gasteiger partial charge in [-0.05, 0) is 19.3 Å². The van der Waals surface area contributed by atoms with E-state index in [1.807, 2.05) is 6.92 Å². The van der Waals surface area contributed by atoms with E-state index in [0.29, 0.717) is 32.2 Å². The molecule has 1 unspecified atom stereocenters. The highest BCUT2D eigenvalue weighted by Gasteiger charge is 2.49. The van der Waals surface area contributed by atoms with Gasteiger partial charge in [0.1, 0.15) is 5.54 Å². The zero-order valence-corrected chi connectivity index (χ0v) is 11.1. The molecule has 0 aromatic rings. The van der Waals surface area contributed by atoms with Crippen molar-refractivity contribution in [2.75, 3.05) is 13.1 Å². The molecular weight excluding hydrogens is 250 g/mol. The number of urea groups is 1. The number of carbonyl (C=O) groups is 3. The van der Waals surface area contributed by atoms with E-state index in [0.717, 1.165) is 0 Å². The average molecular weight is 271 g/mol. The summed E-state index contributed by atoms with van der Waals surface area (Å²) in [6, 6.07) is -0.436. The summed E-state index contributed by atoms with van der Waals surface area (Å²) in [4.78, 5) is 35.5. The number of primary amides is 1. The highest BCUT2D eigenvalue weighted by molar-refractivity contribution is 5.87. The Morgan fingerprint density at radius 1 is 1.42 bits per heavy atom. The Bertz CT molecular complexity index is 372. The monoisotopic (exact) mass is 271 g/mol. The predicted molar refractivity (Wildman–Crippen MR) is 68.4 cm³/mol. The number of amides is 3. The van der Waals surface area contributed by atoms with Crippen molar-refractivity contribution in [3.05, 3.63) is 0 Å². The predicted octanol–water partition coefficient (Wildman–Crippen LogP) is 0.291. The summed E-state index contributed by atoms with van der Waals surface area (Å²) < 4.78 is 0. The van der Waals surface area contributed by atoms with E-state index in [-0.39, 0.29) is 13.0 Å². The minimum Gasteiger partial charge on any atom is -0.479 e. The van der Waals surface area contributed by atoms with Crippen LogP contribution in [0.1, 0.15) is 39.0 Å². The number of likely N-dealkylation sites (tertiary alicyclic amines) is 1. The molecule has 1 fully saturated rings. The average Bonchev–Trinajstić information content (AvgIpc) is 2.74. The van der Waals surface area contributed by atoms with E-state index in [9.17, 15) is 19.5 Å². The molecule has 7 heteroatoms. The van der Waals surface area contributed by atoms with Crippen LogP contribution in [0, 0.1) is 0 Å². The van der Waals surface area contributed by atoms with Gasteiger partial charge in [0, 0.05) is 19.5 Å². The van der Waals surface area contributed by atoms with Crippen LogP contribution in [0.3, 0.4) is 0 Å². The van der Waals surface area contributed by atoms with E-state index in [4.69, 9.17) is 5.73 Å². The van der Waals surface area contributed by atoms with Crippen LogP contribution in [-0.4, -0.2) is 46.5 Å². The van der Waals surface area contributed by atoms with Crippen molar-refractivity contribution in [1.82, 2.24) is 10.2 Å². The fourth-order valence-electron chi connectivity index (χ4n) is 2.57. The molecule has 0 radical (unpaired) electrons. The molecule has 0 bridgehead atoms. The van der Waals surface area contributed by atoms with Crippen molar-refractivity contribution < 1.29 is 19.5 Å². The third-order valence-corrected chi connectivity index (χ3v) is 3.44. The molecule has 1 rings (SSSR count). The Hall–Kier alpha value is -1.79. The SMILES string of the molecule is CCCC1(C(=O)O)CCCN1C(=O)NCCC(N)=O. The second kappa shape index (κ2) is 6.40. The first-order valence-electron chi connectivity index (χ1n) is 6.51. The minimum absolute atomic E-state index is 0.0490. The van der Waals surface area contributed by atoms with Gasteiger partial charge in [0.15, 0.2) is 0 Å². The molecule has 1 aliphatic heterocycles. The fraction of sp³-hybridized carbons (Fsp3) is 0.750. The second-order valence-electron chi connectivity index (χ2n) is 4.79. The number of nitrogens with one attached hydrogen (secondary N) is 1. The fourth-order valence-corrected chi connectivity index (χ4v) is 2.57. The number of carboxylic acids is 1. The minimum atomic E-state index is -1.11. The second-order valence-corrected chi connectivity index (χ2v) is 4.79. The Kier molecular flexibility index (Phi) is 5.14. The van der Waals surface area contributed by atoms with Crippen LogP contribution in [0.5, 0.6) is 0 Å². The van der Waals surface area contributed by atoms with Crippen LogP contribution < -0.4 is 11.1 Å². The van der Waals surface area contributed by atoms with Crippen LogP contribution in [-0.2, 0) is 9.59 Å². The largest absolute Gasteiger partial charge is 0.479 e. The zero-order chi connectivity index (χ0) is 14.5. The van der Waals surface area contributed by atoms with Crippen molar-refractivity contribution in [3.63, 3.8) is 0 Å². The molecule has 7 nitrogen and oxygen atoms in total. The number of hydrogen-bond acceptors (Lipinski definition) is 3. The van der Waals surface area contributed by atoms with E-state index in [1.54, 1.807) is 0 Å². The van der Waals surface area contributed by atoms with Gasteiger partial charge in [0.25, 0.3) is 0 Å². The standard InChI is InChI=1S/C12H21N3O4/c1-2-5-12(10(17)18)6-3-8-15(12)11(19)14-7-4-9(13)16/h2-8H2,1H3,(H2,13,16)(H,14,19)(H,17,18). The van der Waals surface area contributed by atoms with Gasteiger partial charge in [-0.3, -0.25) is 4.79 Å². The topological polar surface area (TPSA) is 113 Å².